The number of rotatable bonds is 6. The maximum absolute atomic E-state index is 6.18. The van der Waals surface area contributed by atoms with Crippen molar-refractivity contribution in [2.75, 3.05) is 17.2 Å². The number of furan rings is 1. The van der Waals surface area contributed by atoms with Gasteiger partial charge in [-0.2, -0.15) is 5.10 Å². The standard InChI is InChI=1S/C14H22N4O/c1-4-8-18-14(13(15)11(3)16-18)17(5-2)10-12-7-6-9-19-12/h6-7,9H,4-5,8,10,15H2,1-3H3. The van der Waals surface area contributed by atoms with Gasteiger partial charge in [0.05, 0.1) is 24.2 Å². The van der Waals surface area contributed by atoms with Crippen LogP contribution in [0.4, 0.5) is 11.5 Å². The van der Waals surface area contributed by atoms with Crippen molar-refractivity contribution < 1.29 is 4.42 Å². The van der Waals surface area contributed by atoms with Crippen molar-refractivity contribution in [3.8, 4) is 0 Å². The van der Waals surface area contributed by atoms with Gasteiger partial charge in [0.1, 0.15) is 5.76 Å². The van der Waals surface area contributed by atoms with Crippen LogP contribution < -0.4 is 10.6 Å². The molecule has 0 unspecified atom stereocenters. The number of anilines is 2. The molecule has 0 saturated heterocycles. The number of nitrogens with two attached hydrogens (primary N) is 1. The fourth-order valence-electron chi connectivity index (χ4n) is 2.21. The monoisotopic (exact) mass is 262 g/mol. The van der Waals surface area contributed by atoms with Crippen LogP contribution >= 0.6 is 0 Å². The van der Waals surface area contributed by atoms with E-state index in [4.69, 9.17) is 10.2 Å². The summed E-state index contributed by atoms with van der Waals surface area (Å²) < 4.78 is 7.42. The van der Waals surface area contributed by atoms with Crippen LogP contribution in [0.3, 0.4) is 0 Å². The minimum absolute atomic E-state index is 0.711. The Morgan fingerprint density at radius 2 is 2.21 bits per heavy atom. The molecule has 0 aromatic carbocycles. The molecule has 2 N–H and O–H groups in total. The second-order valence-corrected chi connectivity index (χ2v) is 4.64. The molecule has 0 radical (unpaired) electrons. The minimum atomic E-state index is 0.711. The summed E-state index contributed by atoms with van der Waals surface area (Å²) in [5.74, 6) is 1.93. The molecule has 0 saturated carbocycles. The van der Waals surface area contributed by atoms with Crippen LogP contribution in [-0.4, -0.2) is 16.3 Å². The van der Waals surface area contributed by atoms with Crippen LogP contribution in [0.2, 0.25) is 0 Å². The Morgan fingerprint density at radius 3 is 2.79 bits per heavy atom. The maximum Gasteiger partial charge on any atom is 0.151 e. The molecule has 19 heavy (non-hydrogen) atoms. The highest BCUT2D eigenvalue weighted by Gasteiger charge is 2.18. The van der Waals surface area contributed by atoms with Crippen molar-refractivity contribution in [1.82, 2.24) is 9.78 Å². The first-order chi connectivity index (χ1) is 9.17. The lowest BCUT2D eigenvalue weighted by Gasteiger charge is -2.23. The molecule has 0 spiro atoms. The average molecular weight is 262 g/mol. The summed E-state index contributed by atoms with van der Waals surface area (Å²) in [7, 11) is 0. The first-order valence-corrected chi connectivity index (χ1v) is 6.77. The van der Waals surface area contributed by atoms with Crippen LogP contribution in [0.25, 0.3) is 0 Å². The van der Waals surface area contributed by atoms with E-state index in [1.165, 1.54) is 0 Å². The topological polar surface area (TPSA) is 60.2 Å². The molecule has 0 bridgehead atoms. The summed E-state index contributed by atoms with van der Waals surface area (Å²) >= 11 is 0. The van der Waals surface area contributed by atoms with E-state index in [1.807, 2.05) is 23.7 Å². The number of hydrogen-bond acceptors (Lipinski definition) is 4. The van der Waals surface area contributed by atoms with E-state index >= 15 is 0 Å². The molecular formula is C14H22N4O. The summed E-state index contributed by atoms with van der Waals surface area (Å²) in [5, 5.41) is 4.52. The van der Waals surface area contributed by atoms with Crippen molar-refractivity contribution >= 4 is 11.5 Å². The van der Waals surface area contributed by atoms with Gasteiger partial charge in [-0.3, -0.25) is 0 Å². The normalized spacial score (nSPS) is 10.9. The Hall–Kier alpha value is -1.91. The van der Waals surface area contributed by atoms with E-state index in [0.29, 0.717) is 6.54 Å². The largest absolute Gasteiger partial charge is 0.467 e. The maximum atomic E-state index is 6.18. The van der Waals surface area contributed by atoms with Crippen molar-refractivity contribution in [2.24, 2.45) is 0 Å². The summed E-state index contributed by atoms with van der Waals surface area (Å²) in [6.45, 7) is 8.65. The van der Waals surface area contributed by atoms with E-state index in [2.05, 4.69) is 23.8 Å². The molecule has 2 heterocycles. The molecule has 0 fully saturated rings. The van der Waals surface area contributed by atoms with Gasteiger partial charge < -0.3 is 15.1 Å². The lowest BCUT2D eigenvalue weighted by Crippen LogP contribution is -2.25. The van der Waals surface area contributed by atoms with Crippen LogP contribution in [0.1, 0.15) is 31.7 Å². The predicted molar refractivity (Wildman–Crippen MR) is 77.1 cm³/mol. The molecule has 5 heteroatoms. The summed E-state index contributed by atoms with van der Waals surface area (Å²) in [4.78, 5) is 2.20. The van der Waals surface area contributed by atoms with Crippen LogP contribution in [0.5, 0.6) is 0 Å². The highest BCUT2D eigenvalue weighted by atomic mass is 16.3. The number of aromatic nitrogens is 2. The van der Waals surface area contributed by atoms with Crippen molar-refractivity contribution in [2.45, 2.75) is 40.3 Å². The Bertz CT molecular complexity index is 516. The third-order valence-electron chi connectivity index (χ3n) is 3.19. The first kappa shape index (κ1) is 13.5. The first-order valence-electron chi connectivity index (χ1n) is 6.77. The minimum Gasteiger partial charge on any atom is -0.467 e. The fraction of sp³-hybridized carbons (Fsp3) is 0.500. The molecular weight excluding hydrogens is 240 g/mol. The van der Waals surface area contributed by atoms with Crippen LogP contribution in [0, 0.1) is 6.92 Å². The summed E-state index contributed by atoms with van der Waals surface area (Å²) in [5.41, 5.74) is 7.84. The fourth-order valence-corrected chi connectivity index (χ4v) is 2.21. The number of hydrogen-bond donors (Lipinski definition) is 1. The van der Waals surface area contributed by atoms with Gasteiger partial charge in [0.25, 0.3) is 0 Å². The lowest BCUT2D eigenvalue weighted by atomic mass is 10.3. The number of nitrogens with zero attached hydrogens (tertiary/aromatic N) is 3. The van der Waals surface area contributed by atoms with Crippen molar-refractivity contribution in [3.05, 3.63) is 29.9 Å². The highest BCUT2D eigenvalue weighted by molar-refractivity contribution is 5.66. The molecule has 0 atom stereocenters. The molecule has 104 valence electrons. The third kappa shape index (κ3) is 2.75. The molecule has 2 aromatic heterocycles. The van der Waals surface area contributed by atoms with Gasteiger partial charge in [-0.25, -0.2) is 4.68 Å². The molecule has 0 aliphatic heterocycles. The zero-order valence-corrected chi connectivity index (χ0v) is 11.9. The van der Waals surface area contributed by atoms with E-state index in [-0.39, 0.29) is 0 Å². The molecule has 0 aliphatic carbocycles. The molecule has 2 rings (SSSR count). The SMILES string of the molecule is CCCn1nc(C)c(N)c1N(CC)Cc1ccco1. The Labute approximate surface area is 114 Å². The zero-order chi connectivity index (χ0) is 13.8. The average Bonchev–Trinajstić information content (AvgIpc) is 2.98. The lowest BCUT2D eigenvalue weighted by molar-refractivity contribution is 0.498. The second-order valence-electron chi connectivity index (χ2n) is 4.64. The van der Waals surface area contributed by atoms with Crippen molar-refractivity contribution in [1.29, 1.82) is 0 Å². The quantitative estimate of drug-likeness (QED) is 0.869. The van der Waals surface area contributed by atoms with Gasteiger partial charge in [-0.15, -0.1) is 0 Å². The van der Waals surface area contributed by atoms with Crippen LogP contribution in [0.15, 0.2) is 22.8 Å². The number of nitrogen functional groups attached to an aromatic ring is 1. The van der Waals surface area contributed by atoms with Crippen LogP contribution in [-0.2, 0) is 13.1 Å². The Balaban J connectivity index is 2.31. The number of aryl methyl sites for hydroxylation is 2. The molecule has 5 nitrogen and oxygen atoms in total. The van der Waals surface area contributed by atoms with E-state index in [0.717, 1.165) is 42.5 Å². The Morgan fingerprint density at radius 1 is 1.42 bits per heavy atom. The summed E-state index contributed by atoms with van der Waals surface area (Å²) in [6.07, 6.45) is 2.73. The zero-order valence-electron chi connectivity index (χ0n) is 11.9. The summed E-state index contributed by atoms with van der Waals surface area (Å²) in [6, 6.07) is 3.88. The third-order valence-corrected chi connectivity index (χ3v) is 3.19. The van der Waals surface area contributed by atoms with Gasteiger partial charge >= 0.3 is 0 Å². The van der Waals surface area contributed by atoms with Crippen molar-refractivity contribution in [3.63, 3.8) is 0 Å². The highest BCUT2D eigenvalue weighted by Crippen LogP contribution is 2.28. The van der Waals surface area contributed by atoms with E-state index in [1.54, 1.807) is 6.26 Å². The smallest absolute Gasteiger partial charge is 0.151 e. The van der Waals surface area contributed by atoms with Gasteiger partial charge in [-0.05, 0) is 32.4 Å². The van der Waals surface area contributed by atoms with Gasteiger partial charge in [0.15, 0.2) is 5.82 Å². The van der Waals surface area contributed by atoms with Gasteiger partial charge in [0.2, 0.25) is 0 Å². The Kier molecular flexibility index (Phi) is 4.14. The molecule has 0 amide bonds. The van der Waals surface area contributed by atoms with E-state index < -0.39 is 0 Å². The van der Waals surface area contributed by atoms with Gasteiger partial charge in [-0.1, -0.05) is 6.92 Å². The second kappa shape index (κ2) is 5.82. The van der Waals surface area contributed by atoms with E-state index in [9.17, 15) is 0 Å². The molecule has 2 aromatic rings. The molecule has 0 aliphatic rings. The predicted octanol–water partition coefficient (Wildman–Crippen LogP) is 2.80. The van der Waals surface area contributed by atoms with Gasteiger partial charge in [0, 0.05) is 13.1 Å².